The van der Waals surface area contributed by atoms with Crippen molar-refractivity contribution in [1.82, 2.24) is 5.32 Å². The van der Waals surface area contributed by atoms with E-state index in [2.05, 4.69) is 10.6 Å². The molecule has 0 aliphatic rings. The predicted molar refractivity (Wildman–Crippen MR) is 88.7 cm³/mol. The fraction of sp³-hybridized carbons (Fsp3) is 0.438. The monoisotopic (exact) mass is 320 g/mol. The van der Waals surface area contributed by atoms with Crippen molar-refractivity contribution in [3.05, 3.63) is 29.8 Å². The Morgan fingerprint density at radius 1 is 1.09 bits per heavy atom. The van der Waals surface area contributed by atoms with Crippen LogP contribution in [0.3, 0.4) is 0 Å². The number of nitrogens with two attached hydrogens (primary N) is 2. The maximum absolute atomic E-state index is 12.4. The number of carbonyl (C=O) groups excluding carboxylic acids is 3. The van der Waals surface area contributed by atoms with Crippen molar-refractivity contribution in [3.63, 3.8) is 0 Å². The molecule has 0 bridgehead atoms. The molecule has 0 fully saturated rings. The second-order valence-corrected chi connectivity index (χ2v) is 5.37. The molecule has 3 amide bonds. The van der Waals surface area contributed by atoms with Crippen molar-refractivity contribution >= 4 is 23.4 Å². The molecule has 0 aliphatic heterocycles. The van der Waals surface area contributed by atoms with Gasteiger partial charge in [-0.1, -0.05) is 13.8 Å². The first kappa shape index (κ1) is 18.6. The Morgan fingerprint density at radius 3 is 2.09 bits per heavy atom. The van der Waals surface area contributed by atoms with E-state index in [1.807, 2.05) is 13.8 Å². The Kier molecular flexibility index (Phi) is 6.71. The zero-order chi connectivity index (χ0) is 17.5. The third kappa shape index (κ3) is 4.79. The molecular formula is C16H24N4O3. The van der Waals surface area contributed by atoms with Gasteiger partial charge in [0.1, 0.15) is 0 Å². The summed E-state index contributed by atoms with van der Waals surface area (Å²) in [6, 6.07) is 6.38. The summed E-state index contributed by atoms with van der Waals surface area (Å²) in [6.07, 6.45) is 1.30. The van der Waals surface area contributed by atoms with Gasteiger partial charge in [0, 0.05) is 17.8 Å². The second-order valence-electron chi connectivity index (χ2n) is 5.37. The van der Waals surface area contributed by atoms with Gasteiger partial charge in [-0.15, -0.1) is 0 Å². The molecular weight excluding hydrogens is 296 g/mol. The predicted octanol–water partition coefficient (Wildman–Crippen LogP) is 0.605. The fourth-order valence-corrected chi connectivity index (χ4v) is 2.19. The lowest BCUT2D eigenvalue weighted by Crippen LogP contribution is -2.41. The second kappa shape index (κ2) is 8.28. The van der Waals surface area contributed by atoms with Crippen molar-refractivity contribution in [1.29, 1.82) is 0 Å². The van der Waals surface area contributed by atoms with Crippen molar-refractivity contribution in [2.24, 2.45) is 16.9 Å². The summed E-state index contributed by atoms with van der Waals surface area (Å²) in [5.74, 6) is -1.14. The van der Waals surface area contributed by atoms with Crippen molar-refractivity contribution in [2.75, 3.05) is 18.4 Å². The molecule has 23 heavy (non-hydrogen) atoms. The highest BCUT2D eigenvalue weighted by Gasteiger charge is 2.33. The molecule has 0 spiro atoms. The van der Waals surface area contributed by atoms with Gasteiger partial charge >= 0.3 is 0 Å². The minimum absolute atomic E-state index is 0.129. The van der Waals surface area contributed by atoms with Crippen LogP contribution < -0.4 is 22.1 Å². The third-order valence-corrected chi connectivity index (χ3v) is 4.05. The molecule has 126 valence electrons. The number of primary amides is 1. The van der Waals surface area contributed by atoms with Crippen LogP contribution in [0.1, 0.15) is 37.0 Å². The molecule has 6 N–H and O–H groups in total. The number of carbonyl (C=O) groups is 3. The highest BCUT2D eigenvalue weighted by molar-refractivity contribution is 5.98. The zero-order valence-electron chi connectivity index (χ0n) is 13.5. The first-order valence-electron chi connectivity index (χ1n) is 7.56. The molecule has 0 aliphatic carbocycles. The Bertz CT molecular complexity index is 557. The first-order valence-corrected chi connectivity index (χ1v) is 7.56. The summed E-state index contributed by atoms with van der Waals surface area (Å²) in [5, 5.41) is 5.22. The minimum Gasteiger partial charge on any atom is -0.368 e. The van der Waals surface area contributed by atoms with Crippen LogP contribution in [0.5, 0.6) is 0 Å². The van der Waals surface area contributed by atoms with Gasteiger partial charge in [-0.25, -0.2) is 0 Å². The SMILES string of the molecule is CCC(CC)(CN)C(=O)Nc1ccc(C(=O)NCC(N)=O)cc1. The van der Waals surface area contributed by atoms with Gasteiger partial charge in [0.05, 0.1) is 12.0 Å². The van der Waals surface area contributed by atoms with Crippen LogP contribution >= 0.6 is 0 Å². The Balaban J connectivity index is 2.75. The number of nitrogens with one attached hydrogen (secondary N) is 2. The van der Waals surface area contributed by atoms with Gasteiger partial charge in [0.25, 0.3) is 5.91 Å². The van der Waals surface area contributed by atoms with Crippen LogP contribution in [0, 0.1) is 5.41 Å². The molecule has 0 aromatic heterocycles. The van der Waals surface area contributed by atoms with Crippen molar-refractivity contribution < 1.29 is 14.4 Å². The summed E-state index contributed by atoms with van der Waals surface area (Å²) in [6.45, 7) is 3.92. The Hall–Kier alpha value is -2.41. The van der Waals surface area contributed by atoms with E-state index in [1.165, 1.54) is 0 Å². The number of hydrogen-bond acceptors (Lipinski definition) is 4. The molecule has 0 radical (unpaired) electrons. The van der Waals surface area contributed by atoms with Crippen molar-refractivity contribution in [2.45, 2.75) is 26.7 Å². The van der Waals surface area contributed by atoms with Gasteiger partial charge in [-0.3, -0.25) is 14.4 Å². The average Bonchev–Trinajstić information content (AvgIpc) is 2.55. The lowest BCUT2D eigenvalue weighted by atomic mass is 9.81. The fourth-order valence-electron chi connectivity index (χ4n) is 2.19. The Morgan fingerprint density at radius 2 is 1.65 bits per heavy atom. The topological polar surface area (TPSA) is 127 Å². The molecule has 1 aromatic rings. The van der Waals surface area contributed by atoms with Crippen LogP contribution in [-0.2, 0) is 9.59 Å². The van der Waals surface area contributed by atoms with Crippen LogP contribution in [0.25, 0.3) is 0 Å². The van der Waals surface area contributed by atoms with E-state index in [0.717, 1.165) is 0 Å². The summed E-state index contributed by atoms with van der Waals surface area (Å²) in [4.78, 5) is 34.8. The average molecular weight is 320 g/mol. The summed E-state index contributed by atoms with van der Waals surface area (Å²) < 4.78 is 0. The maximum atomic E-state index is 12.4. The zero-order valence-corrected chi connectivity index (χ0v) is 13.5. The quantitative estimate of drug-likeness (QED) is 0.559. The third-order valence-electron chi connectivity index (χ3n) is 4.05. The molecule has 0 saturated carbocycles. The first-order chi connectivity index (χ1) is 10.9. The van der Waals surface area contributed by atoms with Crippen molar-refractivity contribution in [3.8, 4) is 0 Å². The number of amides is 3. The van der Waals surface area contributed by atoms with E-state index in [1.54, 1.807) is 24.3 Å². The van der Waals surface area contributed by atoms with E-state index in [-0.39, 0.29) is 19.0 Å². The molecule has 0 unspecified atom stereocenters. The summed E-state index contributed by atoms with van der Waals surface area (Å²) in [7, 11) is 0. The largest absolute Gasteiger partial charge is 0.368 e. The van der Waals surface area contributed by atoms with E-state index in [9.17, 15) is 14.4 Å². The molecule has 7 heteroatoms. The maximum Gasteiger partial charge on any atom is 0.251 e. The highest BCUT2D eigenvalue weighted by Crippen LogP contribution is 2.27. The van der Waals surface area contributed by atoms with Crippen LogP contribution in [0.4, 0.5) is 5.69 Å². The molecule has 1 aromatic carbocycles. The number of hydrogen-bond donors (Lipinski definition) is 4. The minimum atomic E-state index is -0.612. The standard InChI is InChI=1S/C16H24N4O3/c1-3-16(4-2,10-17)15(23)20-12-7-5-11(6-8-12)14(22)19-9-13(18)21/h5-8H,3-4,9-10,17H2,1-2H3,(H2,18,21)(H,19,22)(H,20,23). The molecule has 7 nitrogen and oxygen atoms in total. The number of benzene rings is 1. The lowest BCUT2D eigenvalue weighted by Gasteiger charge is -2.28. The van der Waals surface area contributed by atoms with E-state index < -0.39 is 17.2 Å². The molecule has 0 atom stereocenters. The smallest absolute Gasteiger partial charge is 0.251 e. The number of anilines is 1. The Labute approximate surface area is 135 Å². The van der Waals surface area contributed by atoms with Gasteiger partial charge in [0.15, 0.2) is 0 Å². The van der Waals surface area contributed by atoms with Gasteiger partial charge in [-0.05, 0) is 37.1 Å². The summed E-state index contributed by atoms with van der Waals surface area (Å²) in [5.41, 5.74) is 11.1. The summed E-state index contributed by atoms with van der Waals surface area (Å²) >= 11 is 0. The van der Waals surface area contributed by atoms with Crippen LogP contribution in [0.15, 0.2) is 24.3 Å². The van der Waals surface area contributed by atoms with E-state index >= 15 is 0 Å². The van der Waals surface area contributed by atoms with Gasteiger partial charge in [0.2, 0.25) is 11.8 Å². The molecule has 0 heterocycles. The number of rotatable bonds is 8. The normalized spacial score (nSPS) is 10.9. The van der Waals surface area contributed by atoms with E-state index in [0.29, 0.717) is 24.1 Å². The molecule has 1 rings (SSSR count). The molecule has 0 saturated heterocycles. The van der Waals surface area contributed by atoms with Crippen LogP contribution in [-0.4, -0.2) is 30.8 Å². The van der Waals surface area contributed by atoms with Gasteiger partial charge < -0.3 is 22.1 Å². The van der Waals surface area contributed by atoms with E-state index in [4.69, 9.17) is 11.5 Å². The van der Waals surface area contributed by atoms with Crippen LogP contribution in [0.2, 0.25) is 0 Å². The highest BCUT2D eigenvalue weighted by atomic mass is 16.2. The lowest BCUT2D eigenvalue weighted by molar-refractivity contribution is -0.125. The van der Waals surface area contributed by atoms with Gasteiger partial charge in [-0.2, -0.15) is 0 Å².